The van der Waals surface area contributed by atoms with Crippen LogP contribution < -0.4 is 9.50 Å². The summed E-state index contributed by atoms with van der Waals surface area (Å²) in [5.41, 5.74) is -0.0990. The first-order valence-corrected chi connectivity index (χ1v) is 10.5. The molecule has 29 heavy (non-hydrogen) atoms. The Bertz CT molecular complexity index is 964. The predicted molar refractivity (Wildman–Crippen MR) is 108 cm³/mol. The maximum atomic E-state index is 12.4. The molecule has 156 valence electrons. The van der Waals surface area contributed by atoms with E-state index in [1.165, 1.54) is 31.2 Å². The Kier molecular flexibility index (Phi) is 7.02. The van der Waals surface area contributed by atoms with Crippen LogP contribution in [0.4, 0.5) is 0 Å². The highest BCUT2D eigenvalue weighted by atomic mass is 32.2. The van der Waals surface area contributed by atoms with Crippen LogP contribution in [0.15, 0.2) is 59.5 Å². The van der Waals surface area contributed by atoms with E-state index in [2.05, 4.69) is 5.32 Å². The lowest BCUT2D eigenvalue weighted by atomic mass is 10.1. The standard InChI is InChI=1S/C21H25NO6S/c1-15(23)22-19(20(24)27-21(2,3)4)14-16-9-8-10-17(13-16)28-29(25,26)18-11-6-5-7-12-18/h5-13,19H,14H2,1-4H3,(H,22,23)/t19-/m0/s1. The van der Waals surface area contributed by atoms with Gasteiger partial charge in [0, 0.05) is 13.3 Å². The summed E-state index contributed by atoms with van der Waals surface area (Å²) >= 11 is 0. The maximum absolute atomic E-state index is 12.4. The second-order valence-corrected chi connectivity index (χ2v) is 9.03. The summed E-state index contributed by atoms with van der Waals surface area (Å²) in [4.78, 5) is 24.0. The second kappa shape index (κ2) is 9.09. The average Bonchev–Trinajstić information content (AvgIpc) is 2.60. The molecule has 0 aromatic heterocycles. The Morgan fingerprint density at radius 1 is 1.03 bits per heavy atom. The van der Waals surface area contributed by atoms with Gasteiger partial charge >= 0.3 is 16.1 Å². The molecule has 0 heterocycles. The van der Waals surface area contributed by atoms with Crippen LogP contribution in [0.1, 0.15) is 33.3 Å². The highest BCUT2D eigenvalue weighted by Crippen LogP contribution is 2.21. The van der Waals surface area contributed by atoms with Crippen molar-refractivity contribution in [3.63, 3.8) is 0 Å². The van der Waals surface area contributed by atoms with Crippen LogP contribution in [0.5, 0.6) is 5.75 Å². The molecule has 2 aromatic rings. The molecule has 0 aliphatic rings. The van der Waals surface area contributed by atoms with Crippen LogP contribution in [0.3, 0.4) is 0 Å². The third kappa shape index (κ3) is 7.23. The van der Waals surface area contributed by atoms with Crippen molar-refractivity contribution in [2.24, 2.45) is 0 Å². The summed E-state index contributed by atoms with van der Waals surface area (Å²) in [6.07, 6.45) is 0.122. The first kappa shape index (κ1) is 22.4. The van der Waals surface area contributed by atoms with Crippen LogP contribution in [-0.4, -0.2) is 31.9 Å². The first-order valence-electron chi connectivity index (χ1n) is 9.05. The molecule has 2 rings (SSSR count). The second-order valence-electron chi connectivity index (χ2n) is 7.49. The van der Waals surface area contributed by atoms with Crippen molar-refractivity contribution in [1.29, 1.82) is 0 Å². The molecule has 1 amide bonds. The van der Waals surface area contributed by atoms with Crippen molar-refractivity contribution in [1.82, 2.24) is 5.32 Å². The Hall–Kier alpha value is -2.87. The summed E-state index contributed by atoms with van der Waals surface area (Å²) in [6.45, 7) is 6.51. The molecular weight excluding hydrogens is 394 g/mol. The number of esters is 1. The SMILES string of the molecule is CC(=O)N[C@@H](Cc1cccc(OS(=O)(=O)c2ccccc2)c1)C(=O)OC(C)(C)C. The topological polar surface area (TPSA) is 98.8 Å². The molecule has 1 N–H and O–H groups in total. The third-order valence-electron chi connectivity index (χ3n) is 3.64. The van der Waals surface area contributed by atoms with Crippen molar-refractivity contribution >= 4 is 22.0 Å². The molecule has 0 aliphatic carbocycles. The highest BCUT2D eigenvalue weighted by molar-refractivity contribution is 7.87. The Morgan fingerprint density at radius 3 is 2.28 bits per heavy atom. The van der Waals surface area contributed by atoms with Crippen molar-refractivity contribution in [2.45, 2.75) is 50.7 Å². The molecule has 0 spiro atoms. The molecule has 0 unspecified atom stereocenters. The number of benzene rings is 2. The quantitative estimate of drug-likeness (QED) is 0.547. The van der Waals surface area contributed by atoms with Gasteiger partial charge in [0.2, 0.25) is 5.91 Å². The van der Waals surface area contributed by atoms with Gasteiger partial charge in [-0.2, -0.15) is 8.42 Å². The van der Waals surface area contributed by atoms with Gasteiger partial charge in [-0.1, -0.05) is 30.3 Å². The first-order chi connectivity index (χ1) is 13.5. The molecule has 1 atom stereocenters. The van der Waals surface area contributed by atoms with Gasteiger partial charge in [0.05, 0.1) is 0 Å². The minimum Gasteiger partial charge on any atom is -0.458 e. The fourth-order valence-electron chi connectivity index (χ4n) is 2.53. The molecule has 0 bridgehead atoms. The third-order valence-corrected chi connectivity index (χ3v) is 4.91. The van der Waals surface area contributed by atoms with Crippen LogP contribution in [0, 0.1) is 0 Å². The lowest BCUT2D eigenvalue weighted by Crippen LogP contribution is -2.44. The molecular formula is C21H25NO6S. The van der Waals surface area contributed by atoms with Gasteiger partial charge in [0.25, 0.3) is 0 Å². The molecule has 2 aromatic carbocycles. The van der Waals surface area contributed by atoms with Crippen LogP contribution in [0.25, 0.3) is 0 Å². The van der Waals surface area contributed by atoms with E-state index < -0.39 is 27.7 Å². The van der Waals surface area contributed by atoms with E-state index in [1.807, 2.05) is 0 Å². The molecule has 0 aliphatic heterocycles. The van der Waals surface area contributed by atoms with Gasteiger partial charge < -0.3 is 14.2 Å². The van der Waals surface area contributed by atoms with E-state index in [0.29, 0.717) is 5.56 Å². The van der Waals surface area contributed by atoms with Crippen LogP contribution >= 0.6 is 0 Å². The largest absolute Gasteiger partial charge is 0.458 e. The summed E-state index contributed by atoms with van der Waals surface area (Å²) in [5.74, 6) is -0.840. The number of rotatable bonds is 7. The zero-order chi connectivity index (χ0) is 21.7. The van der Waals surface area contributed by atoms with Gasteiger partial charge in [0.15, 0.2) is 0 Å². The Balaban J connectivity index is 2.20. The zero-order valence-corrected chi connectivity index (χ0v) is 17.7. The summed E-state index contributed by atoms with van der Waals surface area (Å²) in [5, 5.41) is 2.57. The molecule has 0 saturated heterocycles. The predicted octanol–water partition coefficient (Wildman–Crippen LogP) is 2.84. The smallest absolute Gasteiger partial charge is 0.339 e. The van der Waals surface area contributed by atoms with Gasteiger partial charge in [-0.3, -0.25) is 4.79 Å². The fraction of sp³-hybridized carbons (Fsp3) is 0.333. The molecule has 7 nitrogen and oxygen atoms in total. The fourth-order valence-corrected chi connectivity index (χ4v) is 3.48. The number of nitrogens with one attached hydrogen (secondary N) is 1. The lowest BCUT2D eigenvalue weighted by molar-refractivity contribution is -0.158. The average molecular weight is 419 g/mol. The van der Waals surface area contributed by atoms with E-state index in [1.54, 1.807) is 51.1 Å². The number of ether oxygens (including phenoxy) is 1. The Morgan fingerprint density at radius 2 is 1.69 bits per heavy atom. The van der Waals surface area contributed by atoms with Crippen LogP contribution in [-0.2, 0) is 30.9 Å². The maximum Gasteiger partial charge on any atom is 0.339 e. The molecule has 8 heteroatoms. The van der Waals surface area contributed by atoms with E-state index >= 15 is 0 Å². The minimum absolute atomic E-state index is 0.0373. The highest BCUT2D eigenvalue weighted by Gasteiger charge is 2.26. The van der Waals surface area contributed by atoms with Gasteiger partial charge in [-0.15, -0.1) is 0 Å². The summed E-state index contributed by atoms with van der Waals surface area (Å²) < 4.78 is 35.3. The minimum atomic E-state index is -3.98. The number of carbonyl (C=O) groups is 2. The summed E-state index contributed by atoms with van der Waals surface area (Å²) in [6, 6.07) is 13.2. The van der Waals surface area contributed by atoms with Crippen molar-refractivity contribution < 1.29 is 26.9 Å². The van der Waals surface area contributed by atoms with Gasteiger partial charge in [0.1, 0.15) is 22.3 Å². The number of carbonyl (C=O) groups excluding carboxylic acids is 2. The molecule has 0 fully saturated rings. The molecule has 0 saturated carbocycles. The normalized spacial score (nSPS) is 12.7. The van der Waals surface area contributed by atoms with E-state index in [4.69, 9.17) is 8.92 Å². The molecule has 0 radical (unpaired) electrons. The number of hydrogen-bond donors (Lipinski definition) is 1. The van der Waals surface area contributed by atoms with E-state index in [-0.39, 0.29) is 23.0 Å². The number of hydrogen-bond acceptors (Lipinski definition) is 6. The number of amides is 1. The van der Waals surface area contributed by atoms with Gasteiger partial charge in [-0.05, 0) is 50.6 Å². The van der Waals surface area contributed by atoms with Crippen molar-refractivity contribution in [3.8, 4) is 5.75 Å². The monoisotopic (exact) mass is 419 g/mol. The Labute approximate surface area is 171 Å². The summed E-state index contributed by atoms with van der Waals surface area (Å²) in [7, 11) is -3.98. The van der Waals surface area contributed by atoms with E-state index in [0.717, 1.165) is 0 Å². The van der Waals surface area contributed by atoms with Crippen molar-refractivity contribution in [2.75, 3.05) is 0 Å². The van der Waals surface area contributed by atoms with Crippen molar-refractivity contribution in [3.05, 3.63) is 60.2 Å². The zero-order valence-electron chi connectivity index (χ0n) is 16.8. The lowest BCUT2D eigenvalue weighted by Gasteiger charge is -2.24. The van der Waals surface area contributed by atoms with Gasteiger partial charge in [-0.25, -0.2) is 4.79 Å². The van der Waals surface area contributed by atoms with Crippen LogP contribution in [0.2, 0.25) is 0 Å². The van der Waals surface area contributed by atoms with E-state index in [9.17, 15) is 18.0 Å².